The van der Waals surface area contributed by atoms with E-state index in [1.54, 1.807) is 42.7 Å². The van der Waals surface area contributed by atoms with E-state index >= 15 is 0 Å². The molecule has 1 aliphatic heterocycles. The Kier molecular flexibility index (Phi) is 6.15. The summed E-state index contributed by atoms with van der Waals surface area (Å²) in [6, 6.07) is 9.95. The van der Waals surface area contributed by atoms with Crippen LogP contribution in [0.5, 0.6) is 5.75 Å². The molecule has 146 valence electrons. The fourth-order valence-corrected chi connectivity index (χ4v) is 4.45. The molecule has 1 amide bonds. The van der Waals surface area contributed by atoms with Crippen molar-refractivity contribution in [2.75, 3.05) is 39.8 Å². The van der Waals surface area contributed by atoms with Crippen LogP contribution in [0.15, 0.2) is 52.0 Å². The van der Waals surface area contributed by atoms with E-state index in [4.69, 9.17) is 9.15 Å². The van der Waals surface area contributed by atoms with Gasteiger partial charge in [0.15, 0.2) is 6.54 Å². The van der Waals surface area contributed by atoms with Crippen molar-refractivity contribution in [2.45, 2.75) is 11.4 Å². The topological polar surface area (TPSA) is 93.3 Å². The normalized spacial score (nSPS) is 16.2. The Morgan fingerprint density at radius 3 is 2.52 bits per heavy atom. The van der Waals surface area contributed by atoms with Gasteiger partial charge in [0.05, 0.1) is 51.0 Å². The first-order chi connectivity index (χ1) is 13.0. The molecule has 0 spiro atoms. The molecule has 3 rings (SSSR count). The van der Waals surface area contributed by atoms with E-state index in [1.165, 1.54) is 11.4 Å². The number of benzene rings is 1. The highest BCUT2D eigenvalue weighted by Crippen LogP contribution is 2.19. The molecule has 1 aromatic carbocycles. The average Bonchev–Trinajstić information content (AvgIpc) is 3.20. The minimum Gasteiger partial charge on any atom is -0.497 e. The van der Waals surface area contributed by atoms with Crippen LogP contribution in [-0.4, -0.2) is 58.5 Å². The molecule has 0 unspecified atom stereocenters. The van der Waals surface area contributed by atoms with Crippen LogP contribution in [0.25, 0.3) is 0 Å². The van der Waals surface area contributed by atoms with Gasteiger partial charge in [-0.3, -0.25) is 4.79 Å². The Bertz CT molecular complexity index is 842. The maximum absolute atomic E-state index is 12.7. The van der Waals surface area contributed by atoms with Gasteiger partial charge in [-0.05, 0) is 36.4 Å². The Labute approximate surface area is 158 Å². The van der Waals surface area contributed by atoms with Crippen molar-refractivity contribution >= 4 is 15.9 Å². The molecule has 27 heavy (non-hydrogen) atoms. The first-order valence-corrected chi connectivity index (χ1v) is 10.2. The molecule has 8 nitrogen and oxygen atoms in total. The van der Waals surface area contributed by atoms with E-state index in [1.807, 2.05) is 0 Å². The van der Waals surface area contributed by atoms with Gasteiger partial charge in [-0.25, -0.2) is 8.42 Å². The second-order valence-corrected chi connectivity index (χ2v) is 8.30. The van der Waals surface area contributed by atoms with Crippen molar-refractivity contribution in [3.8, 4) is 5.75 Å². The molecule has 2 N–H and O–H groups in total. The Hall–Kier alpha value is -2.36. The third-order valence-corrected chi connectivity index (χ3v) is 6.49. The maximum Gasteiger partial charge on any atom is 0.275 e. The highest BCUT2D eigenvalue weighted by molar-refractivity contribution is 7.89. The third-order valence-electron chi connectivity index (χ3n) is 4.58. The number of hydrogen-bond donors (Lipinski definition) is 2. The first-order valence-electron chi connectivity index (χ1n) is 8.76. The van der Waals surface area contributed by atoms with Crippen molar-refractivity contribution in [3.05, 3.63) is 48.4 Å². The minimum atomic E-state index is -3.53. The van der Waals surface area contributed by atoms with E-state index < -0.39 is 10.0 Å². The molecule has 2 heterocycles. The lowest BCUT2D eigenvalue weighted by Crippen LogP contribution is -3.15. The van der Waals surface area contributed by atoms with Crippen molar-refractivity contribution in [3.63, 3.8) is 0 Å². The summed E-state index contributed by atoms with van der Waals surface area (Å²) in [5.74, 6) is 1.24. The largest absolute Gasteiger partial charge is 0.497 e. The number of nitrogens with one attached hydrogen (secondary N) is 2. The Balaban J connectivity index is 1.49. The summed E-state index contributed by atoms with van der Waals surface area (Å²) in [5, 5.41) is 2.81. The van der Waals surface area contributed by atoms with E-state index in [9.17, 15) is 13.2 Å². The van der Waals surface area contributed by atoms with Gasteiger partial charge in [-0.1, -0.05) is 0 Å². The lowest BCUT2D eigenvalue weighted by Gasteiger charge is -2.31. The van der Waals surface area contributed by atoms with Gasteiger partial charge in [0, 0.05) is 0 Å². The van der Waals surface area contributed by atoms with Crippen molar-refractivity contribution in [2.24, 2.45) is 0 Å². The molecule has 2 aromatic rings. The molecule has 9 heteroatoms. The minimum absolute atomic E-state index is 0.0761. The predicted molar refractivity (Wildman–Crippen MR) is 97.9 cm³/mol. The number of carbonyl (C=O) groups is 1. The summed E-state index contributed by atoms with van der Waals surface area (Å²) in [4.78, 5) is 13.4. The number of amides is 1. The van der Waals surface area contributed by atoms with E-state index in [0.29, 0.717) is 50.8 Å². The van der Waals surface area contributed by atoms with Crippen LogP contribution in [0.3, 0.4) is 0 Å². The van der Waals surface area contributed by atoms with Gasteiger partial charge in [0.1, 0.15) is 11.5 Å². The first kappa shape index (κ1) is 19.4. The molecule has 0 atom stereocenters. The smallest absolute Gasteiger partial charge is 0.275 e. The fourth-order valence-electron chi connectivity index (χ4n) is 3.00. The van der Waals surface area contributed by atoms with E-state index in [2.05, 4.69) is 5.32 Å². The maximum atomic E-state index is 12.7. The van der Waals surface area contributed by atoms with Gasteiger partial charge < -0.3 is 19.4 Å². The second-order valence-electron chi connectivity index (χ2n) is 6.36. The number of piperazine rings is 1. The number of rotatable bonds is 7. The van der Waals surface area contributed by atoms with Crippen LogP contribution in [-0.2, 0) is 21.4 Å². The summed E-state index contributed by atoms with van der Waals surface area (Å²) < 4.78 is 37.2. The quantitative estimate of drug-likeness (QED) is 0.660. The molecule has 0 aliphatic carbocycles. The zero-order chi connectivity index (χ0) is 19.3. The second kappa shape index (κ2) is 8.55. The highest BCUT2D eigenvalue weighted by Gasteiger charge is 2.31. The summed E-state index contributed by atoms with van der Waals surface area (Å²) in [6.07, 6.45) is 1.56. The molecule has 1 aromatic heterocycles. The van der Waals surface area contributed by atoms with Gasteiger partial charge >= 0.3 is 0 Å². The molecule has 0 bridgehead atoms. The molecule has 0 saturated carbocycles. The van der Waals surface area contributed by atoms with Crippen molar-refractivity contribution in [1.29, 1.82) is 0 Å². The summed E-state index contributed by atoms with van der Waals surface area (Å²) >= 11 is 0. The Morgan fingerprint density at radius 2 is 1.93 bits per heavy atom. The monoisotopic (exact) mass is 394 g/mol. The van der Waals surface area contributed by atoms with Gasteiger partial charge in [0.25, 0.3) is 5.91 Å². The number of carbonyl (C=O) groups excluding carboxylic acids is 1. The number of furan rings is 1. The van der Waals surface area contributed by atoms with Crippen molar-refractivity contribution in [1.82, 2.24) is 9.62 Å². The number of nitrogens with zero attached hydrogens (tertiary/aromatic N) is 1. The zero-order valence-electron chi connectivity index (χ0n) is 15.2. The number of quaternary nitrogens is 1. The number of sulfonamides is 1. The van der Waals surface area contributed by atoms with Crippen LogP contribution < -0.4 is 15.0 Å². The molecule has 1 saturated heterocycles. The van der Waals surface area contributed by atoms with Gasteiger partial charge in [-0.2, -0.15) is 4.31 Å². The standard InChI is InChI=1S/C18H23N3O5S/c1-25-15-4-6-17(7-5-15)27(23,24)21-10-8-20(9-11-21)14-18(22)19-13-16-3-2-12-26-16/h2-7,12H,8-11,13-14H2,1H3,(H,19,22)/p+1. The van der Waals surface area contributed by atoms with Crippen LogP contribution >= 0.6 is 0 Å². The summed E-state index contributed by atoms with van der Waals surface area (Å²) in [7, 11) is -1.99. The Morgan fingerprint density at radius 1 is 1.22 bits per heavy atom. The molecule has 1 fully saturated rings. The van der Waals surface area contributed by atoms with Crippen molar-refractivity contribution < 1.29 is 27.3 Å². The van der Waals surface area contributed by atoms with E-state index in [0.717, 1.165) is 4.90 Å². The van der Waals surface area contributed by atoms with Crippen LogP contribution in [0.1, 0.15) is 5.76 Å². The molecule has 1 aliphatic rings. The van der Waals surface area contributed by atoms with Gasteiger partial charge in [0.2, 0.25) is 10.0 Å². The number of hydrogen-bond acceptors (Lipinski definition) is 5. The van der Waals surface area contributed by atoms with Crippen LogP contribution in [0, 0.1) is 0 Å². The highest BCUT2D eigenvalue weighted by atomic mass is 32.2. The van der Waals surface area contributed by atoms with Crippen LogP contribution in [0.2, 0.25) is 0 Å². The third kappa shape index (κ3) is 4.88. The summed E-state index contributed by atoms with van der Waals surface area (Å²) in [6.45, 7) is 2.62. The van der Waals surface area contributed by atoms with Crippen LogP contribution in [0.4, 0.5) is 0 Å². The lowest BCUT2D eigenvalue weighted by atomic mass is 10.3. The molecular weight excluding hydrogens is 370 g/mol. The number of methoxy groups -OCH3 is 1. The average molecular weight is 394 g/mol. The molecular formula is C18H24N3O5S+. The SMILES string of the molecule is COc1ccc(S(=O)(=O)N2CC[NH+](CC(=O)NCc3ccco3)CC2)cc1. The van der Waals surface area contributed by atoms with Gasteiger partial charge in [-0.15, -0.1) is 0 Å². The zero-order valence-corrected chi connectivity index (χ0v) is 16.0. The predicted octanol–water partition coefficient (Wildman–Crippen LogP) is -0.506. The fraction of sp³-hybridized carbons (Fsp3) is 0.389. The van der Waals surface area contributed by atoms with E-state index in [-0.39, 0.29) is 10.8 Å². The summed E-state index contributed by atoms with van der Waals surface area (Å²) in [5.41, 5.74) is 0. The molecule has 0 radical (unpaired) electrons. The number of ether oxygens (including phenoxy) is 1. The lowest BCUT2D eigenvalue weighted by molar-refractivity contribution is -0.895.